The lowest BCUT2D eigenvalue weighted by atomic mass is 10.0. The molecule has 0 saturated carbocycles. The first-order chi connectivity index (χ1) is 13.0. The predicted molar refractivity (Wildman–Crippen MR) is 108 cm³/mol. The van der Waals surface area contributed by atoms with E-state index in [2.05, 4.69) is 29.4 Å². The van der Waals surface area contributed by atoms with E-state index in [4.69, 9.17) is 4.74 Å². The number of nitrogens with zero attached hydrogens (tertiary/aromatic N) is 1. The average molecular weight is 360 g/mol. The predicted octanol–water partition coefficient (Wildman–Crippen LogP) is 5.02. The Morgan fingerprint density at radius 3 is 2.67 bits per heavy atom. The number of aryl methyl sites for hydroxylation is 1. The molecule has 3 aromatic rings. The van der Waals surface area contributed by atoms with Crippen LogP contribution in [0.25, 0.3) is 0 Å². The van der Waals surface area contributed by atoms with Crippen molar-refractivity contribution in [3.05, 3.63) is 89.1 Å². The molecule has 0 fully saturated rings. The Hall–Kier alpha value is -3.14. The van der Waals surface area contributed by atoms with Crippen molar-refractivity contribution in [1.82, 2.24) is 4.98 Å². The summed E-state index contributed by atoms with van der Waals surface area (Å²) in [7, 11) is 0. The number of hydrogen-bond acceptors (Lipinski definition) is 4. The van der Waals surface area contributed by atoms with E-state index in [-0.39, 0.29) is 11.8 Å². The number of nitrogens with one attached hydrogen (secondary N) is 1. The Labute approximate surface area is 160 Å². The van der Waals surface area contributed by atoms with Crippen LogP contribution in [0.2, 0.25) is 0 Å². The van der Waals surface area contributed by atoms with Crippen LogP contribution in [0.15, 0.2) is 66.9 Å². The minimum atomic E-state index is -0.0766. The second kappa shape index (κ2) is 8.49. The zero-order chi connectivity index (χ0) is 19.2. The molecule has 0 unspecified atom stereocenters. The standard InChI is InChI=1S/C23H24N2O2/c1-16(2)25-23-21(11-6-12-24-23)22(26)19-9-5-10-20(14-19)27-15-18-8-4-7-17(3)13-18/h4-14,16H,15H2,1-3H3,(H,24,25). The SMILES string of the molecule is Cc1cccc(COc2cccc(C(=O)c3cccnc3NC(C)C)c2)c1. The lowest BCUT2D eigenvalue weighted by Crippen LogP contribution is -2.15. The third-order valence-corrected chi connectivity index (χ3v) is 4.06. The number of hydrogen-bond donors (Lipinski definition) is 1. The molecule has 0 saturated heterocycles. The molecule has 0 aliphatic heterocycles. The summed E-state index contributed by atoms with van der Waals surface area (Å²) in [4.78, 5) is 17.3. The molecule has 0 bridgehead atoms. The molecular formula is C23H24N2O2. The highest BCUT2D eigenvalue weighted by Crippen LogP contribution is 2.21. The van der Waals surface area contributed by atoms with Gasteiger partial charge < -0.3 is 10.1 Å². The zero-order valence-electron chi connectivity index (χ0n) is 15.9. The number of anilines is 1. The molecule has 1 N–H and O–H groups in total. The van der Waals surface area contributed by atoms with Crippen LogP contribution in [0.3, 0.4) is 0 Å². The Balaban J connectivity index is 1.78. The quantitative estimate of drug-likeness (QED) is 0.601. The van der Waals surface area contributed by atoms with Crippen molar-refractivity contribution in [1.29, 1.82) is 0 Å². The maximum atomic E-state index is 13.0. The first-order valence-electron chi connectivity index (χ1n) is 9.07. The van der Waals surface area contributed by atoms with E-state index >= 15 is 0 Å². The van der Waals surface area contributed by atoms with Gasteiger partial charge in [-0.3, -0.25) is 4.79 Å². The van der Waals surface area contributed by atoms with Crippen molar-refractivity contribution < 1.29 is 9.53 Å². The number of rotatable bonds is 7. The van der Waals surface area contributed by atoms with Gasteiger partial charge in [-0.15, -0.1) is 0 Å². The normalized spacial score (nSPS) is 10.7. The van der Waals surface area contributed by atoms with Crippen molar-refractivity contribution >= 4 is 11.6 Å². The Bertz CT molecular complexity index is 935. The number of pyridine rings is 1. The van der Waals surface area contributed by atoms with Gasteiger partial charge in [-0.1, -0.05) is 42.0 Å². The molecule has 0 amide bonds. The monoisotopic (exact) mass is 360 g/mol. The summed E-state index contributed by atoms with van der Waals surface area (Å²) in [5.41, 5.74) is 3.43. The van der Waals surface area contributed by atoms with Crippen molar-refractivity contribution in [2.45, 2.75) is 33.4 Å². The third-order valence-electron chi connectivity index (χ3n) is 4.06. The zero-order valence-corrected chi connectivity index (χ0v) is 15.9. The molecule has 0 radical (unpaired) electrons. The van der Waals surface area contributed by atoms with Gasteiger partial charge >= 0.3 is 0 Å². The molecule has 1 heterocycles. The van der Waals surface area contributed by atoms with Crippen molar-refractivity contribution in [3.8, 4) is 5.75 Å². The second-order valence-electron chi connectivity index (χ2n) is 6.83. The summed E-state index contributed by atoms with van der Waals surface area (Å²) in [5.74, 6) is 1.19. The van der Waals surface area contributed by atoms with Gasteiger partial charge in [-0.05, 0) is 50.6 Å². The van der Waals surface area contributed by atoms with Crippen LogP contribution in [0.1, 0.15) is 40.9 Å². The van der Waals surface area contributed by atoms with Crippen LogP contribution in [0, 0.1) is 6.92 Å². The van der Waals surface area contributed by atoms with Gasteiger partial charge in [0, 0.05) is 17.8 Å². The van der Waals surface area contributed by atoms with Gasteiger partial charge in [0.25, 0.3) is 0 Å². The van der Waals surface area contributed by atoms with Gasteiger partial charge in [0.15, 0.2) is 5.78 Å². The summed E-state index contributed by atoms with van der Waals surface area (Å²) in [6.45, 7) is 6.55. The van der Waals surface area contributed by atoms with E-state index < -0.39 is 0 Å². The number of ketones is 1. The summed E-state index contributed by atoms with van der Waals surface area (Å²) in [6.07, 6.45) is 1.68. The van der Waals surface area contributed by atoms with E-state index in [1.807, 2.05) is 38.1 Å². The number of carbonyl (C=O) groups excluding carboxylic acids is 1. The molecule has 27 heavy (non-hydrogen) atoms. The molecule has 4 nitrogen and oxygen atoms in total. The maximum Gasteiger partial charge on any atom is 0.196 e. The summed E-state index contributed by atoms with van der Waals surface area (Å²) in [5, 5.41) is 3.23. The summed E-state index contributed by atoms with van der Waals surface area (Å²) < 4.78 is 5.89. The number of ether oxygens (including phenoxy) is 1. The summed E-state index contributed by atoms with van der Waals surface area (Å²) in [6, 6.07) is 19.2. The second-order valence-corrected chi connectivity index (χ2v) is 6.83. The van der Waals surface area contributed by atoms with E-state index in [9.17, 15) is 4.79 Å². The molecule has 3 rings (SSSR count). The Kier molecular flexibility index (Phi) is 5.87. The molecule has 0 atom stereocenters. The van der Waals surface area contributed by atoms with Gasteiger partial charge in [-0.2, -0.15) is 0 Å². The molecule has 0 spiro atoms. The lowest BCUT2D eigenvalue weighted by Gasteiger charge is -2.13. The largest absolute Gasteiger partial charge is 0.489 e. The van der Waals surface area contributed by atoms with E-state index in [0.29, 0.717) is 29.3 Å². The molecular weight excluding hydrogens is 336 g/mol. The third kappa shape index (κ3) is 4.94. The first-order valence-corrected chi connectivity index (χ1v) is 9.07. The molecule has 1 aromatic heterocycles. The van der Waals surface area contributed by atoms with Crippen LogP contribution in [-0.4, -0.2) is 16.8 Å². The van der Waals surface area contributed by atoms with Gasteiger partial charge in [-0.25, -0.2) is 4.98 Å². The Morgan fingerprint density at radius 1 is 1.07 bits per heavy atom. The van der Waals surface area contributed by atoms with E-state index in [0.717, 1.165) is 5.56 Å². The highest BCUT2D eigenvalue weighted by Gasteiger charge is 2.15. The minimum absolute atomic E-state index is 0.0766. The highest BCUT2D eigenvalue weighted by molar-refractivity contribution is 6.12. The minimum Gasteiger partial charge on any atom is -0.489 e. The molecule has 0 aliphatic rings. The van der Waals surface area contributed by atoms with E-state index in [1.54, 1.807) is 30.5 Å². The summed E-state index contributed by atoms with van der Waals surface area (Å²) >= 11 is 0. The van der Waals surface area contributed by atoms with Crippen LogP contribution in [0.5, 0.6) is 5.75 Å². The van der Waals surface area contributed by atoms with Crippen LogP contribution in [0.4, 0.5) is 5.82 Å². The van der Waals surface area contributed by atoms with Gasteiger partial charge in [0.2, 0.25) is 0 Å². The van der Waals surface area contributed by atoms with Crippen LogP contribution >= 0.6 is 0 Å². The van der Waals surface area contributed by atoms with E-state index in [1.165, 1.54) is 5.56 Å². The van der Waals surface area contributed by atoms with Crippen molar-refractivity contribution in [3.63, 3.8) is 0 Å². The van der Waals surface area contributed by atoms with Crippen LogP contribution < -0.4 is 10.1 Å². The fourth-order valence-electron chi connectivity index (χ4n) is 2.83. The molecule has 0 aliphatic carbocycles. The van der Waals surface area contributed by atoms with Crippen LogP contribution in [-0.2, 0) is 6.61 Å². The van der Waals surface area contributed by atoms with Crippen molar-refractivity contribution in [2.24, 2.45) is 0 Å². The van der Waals surface area contributed by atoms with Crippen molar-refractivity contribution in [2.75, 3.05) is 5.32 Å². The smallest absolute Gasteiger partial charge is 0.196 e. The number of benzene rings is 2. The van der Waals surface area contributed by atoms with Gasteiger partial charge in [0.1, 0.15) is 18.2 Å². The van der Waals surface area contributed by atoms with Gasteiger partial charge in [0.05, 0.1) is 5.56 Å². The maximum absolute atomic E-state index is 13.0. The highest BCUT2D eigenvalue weighted by atomic mass is 16.5. The lowest BCUT2D eigenvalue weighted by molar-refractivity contribution is 0.103. The molecule has 138 valence electrons. The first kappa shape index (κ1) is 18.6. The fraction of sp³-hybridized carbons (Fsp3) is 0.217. The average Bonchev–Trinajstić information content (AvgIpc) is 2.66. The number of carbonyl (C=O) groups is 1. The number of aromatic nitrogens is 1. The molecule has 2 aromatic carbocycles. The fourth-order valence-corrected chi connectivity index (χ4v) is 2.83. The topological polar surface area (TPSA) is 51.2 Å². The Morgan fingerprint density at radius 2 is 1.89 bits per heavy atom. The molecule has 4 heteroatoms.